The Kier molecular flexibility index (Phi) is 6.09. The van der Waals surface area contributed by atoms with Crippen molar-refractivity contribution in [2.75, 3.05) is 13.1 Å². The van der Waals surface area contributed by atoms with E-state index in [1.54, 1.807) is 24.3 Å². The number of rotatable bonds is 7. The van der Waals surface area contributed by atoms with Gasteiger partial charge in [0.1, 0.15) is 6.10 Å². The molecule has 34 heavy (non-hydrogen) atoms. The normalized spacial score (nSPS) is 15.1. The van der Waals surface area contributed by atoms with Crippen molar-refractivity contribution in [2.45, 2.75) is 23.5 Å². The predicted octanol–water partition coefficient (Wildman–Crippen LogP) is 5.38. The van der Waals surface area contributed by atoms with Crippen LogP contribution in [0.3, 0.4) is 0 Å². The summed E-state index contributed by atoms with van der Waals surface area (Å²) in [5.74, 6) is 0. The highest BCUT2D eigenvalue weighted by molar-refractivity contribution is 7.86. The van der Waals surface area contributed by atoms with Crippen LogP contribution < -0.4 is 0 Å². The van der Waals surface area contributed by atoms with Crippen molar-refractivity contribution < 1.29 is 12.6 Å². The molecule has 1 aliphatic heterocycles. The maximum Gasteiger partial charge on any atom is 0.297 e. The molecule has 0 aliphatic carbocycles. The lowest BCUT2D eigenvalue weighted by Crippen LogP contribution is -2.62. The van der Waals surface area contributed by atoms with Gasteiger partial charge in [-0.25, -0.2) is 0 Å². The molecule has 0 atom stereocenters. The fourth-order valence-electron chi connectivity index (χ4n) is 4.80. The van der Waals surface area contributed by atoms with Gasteiger partial charge in [-0.05, 0) is 35.7 Å². The Morgan fingerprint density at radius 3 is 1.50 bits per heavy atom. The molecule has 0 spiro atoms. The van der Waals surface area contributed by atoms with Crippen molar-refractivity contribution >= 4 is 10.1 Å². The SMILES string of the molecule is Cc1ccc(S(=O)(=O)OC2CN(C(c3ccccc3)(c3ccccc3)c3ccccc3)C2)cc1. The summed E-state index contributed by atoms with van der Waals surface area (Å²) in [5.41, 5.74) is 3.84. The van der Waals surface area contributed by atoms with E-state index >= 15 is 0 Å². The molecule has 0 aromatic heterocycles. The van der Waals surface area contributed by atoms with Crippen LogP contribution in [0.1, 0.15) is 22.3 Å². The van der Waals surface area contributed by atoms with E-state index in [-0.39, 0.29) is 4.90 Å². The third-order valence-electron chi connectivity index (χ3n) is 6.47. The van der Waals surface area contributed by atoms with Crippen molar-refractivity contribution in [1.29, 1.82) is 0 Å². The summed E-state index contributed by atoms with van der Waals surface area (Å²) in [7, 11) is -3.83. The van der Waals surface area contributed by atoms with Crippen LogP contribution in [0, 0.1) is 6.92 Å². The van der Waals surface area contributed by atoms with E-state index in [1.807, 2.05) is 61.5 Å². The van der Waals surface area contributed by atoms with Crippen LogP contribution >= 0.6 is 0 Å². The largest absolute Gasteiger partial charge is 0.297 e. The van der Waals surface area contributed by atoms with E-state index in [0.29, 0.717) is 13.1 Å². The second kappa shape index (κ2) is 9.18. The molecule has 4 aromatic carbocycles. The monoisotopic (exact) mass is 469 g/mol. The molecule has 0 unspecified atom stereocenters. The van der Waals surface area contributed by atoms with Crippen LogP contribution in [0.2, 0.25) is 0 Å². The van der Waals surface area contributed by atoms with E-state index in [4.69, 9.17) is 4.18 Å². The Labute approximate surface area is 201 Å². The van der Waals surface area contributed by atoms with E-state index < -0.39 is 21.8 Å². The summed E-state index contributed by atoms with van der Waals surface area (Å²) in [5, 5.41) is 0. The van der Waals surface area contributed by atoms with Gasteiger partial charge in [0.2, 0.25) is 0 Å². The molecule has 172 valence electrons. The first-order valence-corrected chi connectivity index (χ1v) is 12.8. The number of aryl methyl sites for hydroxylation is 1. The number of hydrogen-bond acceptors (Lipinski definition) is 4. The molecule has 1 saturated heterocycles. The Balaban J connectivity index is 1.51. The lowest BCUT2D eigenvalue weighted by molar-refractivity contribution is -0.0246. The second-order valence-corrected chi connectivity index (χ2v) is 10.3. The highest BCUT2D eigenvalue weighted by atomic mass is 32.2. The zero-order valence-corrected chi connectivity index (χ0v) is 19.9. The topological polar surface area (TPSA) is 46.6 Å². The Bertz CT molecular complexity index is 1240. The van der Waals surface area contributed by atoms with Crippen molar-refractivity contribution in [2.24, 2.45) is 0 Å². The van der Waals surface area contributed by atoms with Crippen LogP contribution in [0.15, 0.2) is 120 Å². The molecule has 1 fully saturated rings. The van der Waals surface area contributed by atoms with E-state index in [1.165, 1.54) is 0 Å². The summed E-state index contributed by atoms with van der Waals surface area (Å²) < 4.78 is 31.4. The van der Waals surface area contributed by atoms with Crippen molar-refractivity contribution in [3.63, 3.8) is 0 Å². The van der Waals surface area contributed by atoms with Crippen LogP contribution in [0.5, 0.6) is 0 Å². The van der Waals surface area contributed by atoms with Gasteiger partial charge in [-0.1, -0.05) is 109 Å². The summed E-state index contributed by atoms with van der Waals surface area (Å²) in [6.07, 6.45) is -0.415. The summed E-state index contributed by atoms with van der Waals surface area (Å²) >= 11 is 0. The molecule has 4 nitrogen and oxygen atoms in total. The molecule has 1 aliphatic rings. The molecule has 0 saturated carbocycles. The molecular weight excluding hydrogens is 442 g/mol. The van der Waals surface area contributed by atoms with Gasteiger partial charge in [0.05, 0.1) is 10.4 Å². The van der Waals surface area contributed by atoms with E-state index in [9.17, 15) is 8.42 Å². The van der Waals surface area contributed by atoms with Crippen molar-refractivity contribution in [3.8, 4) is 0 Å². The predicted molar refractivity (Wildman–Crippen MR) is 134 cm³/mol. The fraction of sp³-hybridized carbons (Fsp3) is 0.172. The molecule has 1 heterocycles. The van der Waals surface area contributed by atoms with Crippen LogP contribution in [0.4, 0.5) is 0 Å². The summed E-state index contributed by atoms with van der Waals surface area (Å²) in [4.78, 5) is 2.50. The van der Waals surface area contributed by atoms with Gasteiger partial charge in [0.15, 0.2) is 0 Å². The first kappa shape index (κ1) is 22.5. The Morgan fingerprint density at radius 2 is 1.09 bits per heavy atom. The van der Waals surface area contributed by atoms with Gasteiger partial charge in [0, 0.05) is 13.1 Å². The number of hydrogen-bond donors (Lipinski definition) is 0. The summed E-state index contributed by atoms with van der Waals surface area (Å²) in [6.45, 7) is 2.91. The molecule has 5 rings (SSSR count). The molecule has 5 heteroatoms. The van der Waals surface area contributed by atoms with Gasteiger partial charge in [-0.2, -0.15) is 8.42 Å². The maximum atomic E-state index is 12.9. The lowest BCUT2D eigenvalue weighted by Gasteiger charge is -2.52. The quantitative estimate of drug-likeness (QED) is 0.269. The van der Waals surface area contributed by atoms with Gasteiger partial charge >= 0.3 is 0 Å². The standard InChI is InChI=1S/C29H27NO3S/c1-23-17-19-28(20-18-23)34(31,32)33-27-21-30(22-27)29(24-11-5-2-6-12-24,25-13-7-3-8-14-25)26-15-9-4-10-16-26/h2-20,27H,21-22H2,1H3. The summed E-state index contributed by atoms with van der Waals surface area (Å²) in [6, 6.07) is 37.9. The average molecular weight is 470 g/mol. The first-order valence-electron chi connectivity index (χ1n) is 11.4. The minimum atomic E-state index is -3.83. The minimum absolute atomic E-state index is 0.192. The number of likely N-dealkylation sites (tertiary alicyclic amines) is 1. The van der Waals surface area contributed by atoms with Crippen LogP contribution in [-0.2, 0) is 19.8 Å². The zero-order valence-electron chi connectivity index (χ0n) is 19.0. The van der Waals surface area contributed by atoms with Gasteiger partial charge in [-0.3, -0.25) is 9.08 Å². The molecule has 4 aromatic rings. The maximum absolute atomic E-state index is 12.9. The lowest BCUT2D eigenvalue weighted by atomic mass is 9.74. The molecule has 0 radical (unpaired) electrons. The molecule has 0 bridgehead atoms. The minimum Gasteiger partial charge on any atom is -0.281 e. The van der Waals surface area contributed by atoms with Crippen molar-refractivity contribution in [3.05, 3.63) is 138 Å². The van der Waals surface area contributed by atoms with E-state index in [0.717, 1.165) is 22.3 Å². The van der Waals surface area contributed by atoms with Crippen LogP contribution in [-0.4, -0.2) is 32.5 Å². The Hall–Kier alpha value is -3.25. The fourth-order valence-corrected chi connectivity index (χ4v) is 5.86. The highest BCUT2D eigenvalue weighted by Gasteiger charge is 2.48. The molecular formula is C29H27NO3S. The van der Waals surface area contributed by atoms with Gasteiger partial charge in [-0.15, -0.1) is 0 Å². The highest BCUT2D eigenvalue weighted by Crippen LogP contribution is 2.45. The van der Waals surface area contributed by atoms with Gasteiger partial charge < -0.3 is 0 Å². The second-order valence-electron chi connectivity index (χ2n) is 8.70. The van der Waals surface area contributed by atoms with Crippen molar-refractivity contribution in [1.82, 2.24) is 4.90 Å². The average Bonchev–Trinajstić information content (AvgIpc) is 2.85. The third-order valence-corrected chi connectivity index (χ3v) is 7.84. The number of benzene rings is 4. The van der Waals surface area contributed by atoms with Crippen LogP contribution in [0.25, 0.3) is 0 Å². The zero-order chi connectivity index (χ0) is 23.6. The first-order chi connectivity index (χ1) is 16.5. The van der Waals surface area contributed by atoms with Gasteiger partial charge in [0.25, 0.3) is 10.1 Å². The molecule has 0 N–H and O–H groups in total. The van der Waals surface area contributed by atoms with E-state index in [2.05, 4.69) is 41.3 Å². The third kappa shape index (κ3) is 4.07. The Morgan fingerprint density at radius 1 is 0.676 bits per heavy atom. The smallest absolute Gasteiger partial charge is 0.281 e. The number of nitrogens with zero attached hydrogens (tertiary/aromatic N) is 1. The molecule has 0 amide bonds.